The van der Waals surface area contributed by atoms with E-state index in [0.29, 0.717) is 10.5 Å². The van der Waals surface area contributed by atoms with Gasteiger partial charge in [-0.2, -0.15) is 0 Å². The minimum atomic E-state index is -1.13. The fourth-order valence-electron chi connectivity index (χ4n) is 2.02. The molecule has 2 heterocycles. The zero-order valence-corrected chi connectivity index (χ0v) is 13.2. The number of carbonyl (C=O) groups excluding carboxylic acids is 1. The highest BCUT2D eigenvalue weighted by Crippen LogP contribution is 2.27. The normalized spacial score (nSPS) is 12.2. The number of fused-ring (bicyclic) bond motifs is 1. The average Bonchev–Trinajstić information content (AvgIpc) is 3.15. The molecule has 3 aromatic rings. The van der Waals surface area contributed by atoms with Crippen molar-refractivity contribution in [3.05, 3.63) is 47.0 Å². The second-order valence-corrected chi connectivity index (χ2v) is 6.17. The molecule has 1 amide bonds. The molecular formula is C14H11ClN4O3S. The summed E-state index contributed by atoms with van der Waals surface area (Å²) in [6.07, 6.45) is 4.65. The molecule has 2 N–H and O–H groups in total. The molecule has 23 heavy (non-hydrogen) atoms. The topological polar surface area (TPSA) is 97.1 Å². The summed E-state index contributed by atoms with van der Waals surface area (Å²) in [6, 6.07) is 4.17. The van der Waals surface area contributed by atoms with E-state index in [2.05, 4.69) is 15.3 Å². The monoisotopic (exact) mass is 350 g/mol. The summed E-state index contributed by atoms with van der Waals surface area (Å²) in [5.74, 6) is -1.68. The van der Waals surface area contributed by atoms with Crippen LogP contribution in [-0.2, 0) is 11.3 Å². The number of carbonyl (C=O) groups is 2. The Kier molecular flexibility index (Phi) is 4.26. The lowest BCUT2D eigenvalue weighted by Gasteiger charge is -2.13. The van der Waals surface area contributed by atoms with E-state index >= 15 is 0 Å². The van der Waals surface area contributed by atoms with Crippen LogP contribution in [-0.4, -0.2) is 37.6 Å². The summed E-state index contributed by atoms with van der Waals surface area (Å²) in [4.78, 5) is 31.6. The molecule has 0 aliphatic heterocycles. The van der Waals surface area contributed by atoms with Crippen LogP contribution in [0.3, 0.4) is 0 Å². The third-order valence-corrected chi connectivity index (χ3v) is 4.44. The Morgan fingerprint density at radius 2 is 2.26 bits per heavy atom. The van der Waals surface area contributed by atoms with E-state index in [1.165, 1.54) is 12.5 Å². The number of nitrogens with one attached hydrogen (secondary N) is 1. The lowest BCUT2D eigenvalue weighted by molar-refractivity contribution is -0.139. The van der Waals surface area contributed by atoms with Crippen LogP contribution in [0.1, 0.15) is 9.80 Å². The minimum Gasteiger partial charge on any atom is -0.480 e. The van der Waals surface area contributed by atoms with Crippen molar-refractivity contribution in [2.24, 2.45) is 0 Å². The number of amides is 1. The molecule has 1 atom stereocenters. The predicted molar refractivity (Wildman–Crippen MR) is 85.7 cm³/mol. The van der Waals surface area contributed by atoms with Crippen LogP contribution in [0.5, 0.6) is 0 Å². The maximum atomic E-state index is 12.3. The first kappa shape index (κ1) is 15.4. The quantitative estimate of drug-likeness (QED) is 0.733. The van der Waals surface area contributed by atoms with Crippen molar-refractivity contribution in [1.82, 2.24) is 19.9 Å². The Balaban J connectivity index is 1.80. The zero-order chi connectivity index (χ0) is 16.4. The third kappa shape index (κ3) is 3.33. The number of halogens is 1. The van der Waals surface area contributed by atoms with E-state index in [1.807, 2.05) is 0 Å². The highest BCUT2D eigenvalue weighted by molar-refractivity contribution is 7.20. The van der Waals surface area contributed by atoms with Crippen molar-refractivity contribution in [1.29, 1.82) is 0 Å². The van der Waals surface area contributed by atoms with Gasteiger partial charge in [0.05, 0.1) is 22.6 Å². The van der Waals surface area contributed by atoms with Gasteiger partial charge in [0.25, 0.3) is 5.91 Å². The molecule has 2 aromatic heterocycles. The zero-order valence-electron chi connectivity index (χ0n) is 11.6. The van der Waals surface area contributed by atoms with E-state index in [0.717, 1.165) is 16.0 Å². The fraction of sp³-hybridized carbons (Fsp3) is 0.143. The summed E-state index contributed by atoms with van der Waals surface area (Å²) >= 11 is 7.20. The fourth-order valence-corrected chi connectivity index (χ4v) is 3.19. The largest absolute Gasteiger partial charge is 0.480 e. The van der Waals surface area contributed by atoms with Crippen LogP contribution in [0.2, 0.25) is 5.02 Å². The van der Waals surface area contributed by atoms with Gasteiger partial charge in [-0.05, 0) is 12.1 Å². The molecule has 0 saturated carbocycles. The highest BCUT2D eigenvalue weighted by atomic mass is 35.5. The van der Waals surface area contributed by atoms with Crippen molar-refractivity contribution >= 4 is 45.0 Å². The number of nitrogens with zero attached hydrogens (tertiary/aromatic N) is 3. The summed E-state index contributed by atoms with van der Waals surface area (Å²) in [5.41, 5.74) is 0.533. The standard InChI is InChI=1S/C14H11ClN4O3S/c15-8-2-1-3-10-11(8)18-13(23-10)12(20)17-9(14(21)22)6-19-5-4-16-7-19/h1-5,7,9H,6H2,(H,17,20)(H,21,22). The summed E-state index contributed by atoms with van der Waals surface area (Å²) in [6.45, 7) is 0.0761. The second-order valence-electron chi connectivity index (χ2n) is 4.73. The van der Waals surface area contributed by atoms with E-state index in [1.54, 1.807) is 29.0 Å². The summed E-state index contributed by atoms with van der Waals surface area (Å²) in [5, 5.41) is 12.4. The lowest BCUT2D eigenvalue weighted by atomic mass is 10.3. The maximum absolute atomic E-state index is 12.3. The number of rotatable bonds is 5. The number of aliphatic carboxylic acids is 1. The van der Waals surface area contributed by atoms with Gasteiger partial charge >= 0.3 is 5.97 Å². The summed E-state index contributed by atoms with van der Waals surface area (Å²) in [7, 11) is 0. The number of para-hydroxylation sites is 1. The second kappa shape index (κ2) is 6.35. The predicted octanol–water partition coefficient (Wildman–Crippen LogP) is 2.03. The van der Waals surface area contributed by atoms with Gasteiger partial charge in [-0.3, -0.25) is 4.79 Å². The smallest absolute Gasteiger partial charge is 0.328 e. The number of carboxylic acids is 1. The van der Waals surface area contributed by atoms with Gasteiger partial charge < -0.3 is 15.0 Å². The maximum Gasteiger partial charge on any atom is 0.328 e. The Hall–Kier alpha value is -2.45. The van der Waals surface area contributed by atoms with Gasteiger partial charge in [0, 0.05) is 12.4 Å². The molecule has 118 valence electrons. The van der Waals surface area contributed by atoms with Crippen molar-refractivity contribution in [2.75, 3.05) is 0 Å². The van der Waals surface area contributed by atoms with Gasteiger partial charge in [-0.1, -0.05) is 17.7 Å². The van der Waals surface area contributed by atoms with Crippen LogP contribution in [0, 0.1) is 0 Å². The molecule has 0 fully saturated rings. The molecule has 7 nitrogen and oxygen atoms in total. The SMILES string of the molecule is O=C(NC(Cn1ccnc1)C(=O)O)c1nc2c(Cl)cccc2s1. The van der Waals surface area contributed by atoms with E-state index in [9.17, 15) is 14.7 Å². The molecule has 0 bridgehead atoms. The Morgan fingerprint density at radius 3 is 2.91 bits per heavy atom. The van der Waals surface area contributed by atoms with Crippen LogP contribution in [0.25, 0.3) is 10.2 Å². The molecule has 3 rings (SSSR count). The Morgan fingerprint density at radius 1 is 1.43 bits per heavy atom. The summed E-state index contributed by atoms with van der Waals surface area (Å²) < 4.78 is 2.35. The number of imidazole rings is 1. The first-order chi connectivity index (χ1) is 11.0. The molecule has 0 aliphatic carbocycles. The van der Waals surface area contributed by atoms with Gasteiger partial charge in [0.2, 0.25) is 0 Å². The van der Waals surface area contributed by atoms with Crippen molar-refractivity contribution in [3.63, 3.8) is 0 Å². The number of aromatic nitrogens is 3. The van der Waals surface area contributed by atoms with Gasteiger partial charge in [-0.15, -0.1) is 11.3 Å². The van der Waals surface area contributed by atoms with E-state index in [-0.39, 0.29) is 11.6 Å². The molecule has 0 radical (unpaired) electrons. The van der Waals surface area contributed by atoms with E-state index < -0.39 is 17.9 Å². The lowest BCUT2D eigenvalue weighted by Crippen LogP contribution is -2.43. The molecule has 0 saturated heterocycles. The first-order valence-electron chi connectivity index (χ1n) is 6.59. The van der Waals surface area contributed by atoms with Crippen LogP contribution >= 0.6 is 22.9 Å². The number of benzene rings is 1. The van der Waals surface area contributed by atoms with Gasteiger partial charge in [0.15, 0.2) is 5.01 Å². The molecular weight excluding hydrogens is 340 g/mol. The number of carboxylic acid groups (broad SMARTS) is 1. The third-order valence-electron chi connectivity index (χ3n) is 3.12. The molecule has 9 heteroatoms. The molecule has 0 spiro atoms. The molecule has 1 unspecified atom stereocenters. The molecule has 0 aliphatic rings. The Bertz CT molecular complexity index is 862. The first-order valence-corrected chi connectivity index (χ1v) is 7.78. The van der Waals surface area contributed by atoms with Crippen molar-refractivity contribution in [2.45, 2.75) is 12.6 Å². The van der Waals surface area contributed by atoms with Gasteiger partial charge in [-0.25, -0.2) is 14.8 Å². The highest BCUT2D eigenvalue weighted by Gasteiger charge is 2.23. The van der Waals surface area contributed by atoms with Crippen LogP contribution in [0.15, 0.2) is 36.9 Å². The number of hydrogen-bond acceptors (Lipinski definition) is 5. The number of hydrogen-bond donors (Lipinski definition) is 2. The van der Waals surface area contributed by atoms with Crippen molar-refractivity contribution < 1.29 is 14.7 Å². The Labute approximate surface area is 139 Å². The van der Waals surface area contributed by atoms with Crippen LogP contribution < -0.4 is 5.32 Å². The molecule has 1 aromatic carbocycles. The van der Waals surface area contributed by atoms with Crippen LogP contribution in [0.4, 0.5) is 0 Å². The average molecular weight is 351 g/mol. The minimum absolute atomic E-state index is 0.0761. The van der Waals surface area contributed by atoms with E-state index in [4.69, 9.17) is 11.6 Å². The van der Waals surface area contributed by atoms with Gasteiger partial charge in [0.1, 0.15) is 11.6 Å². The van der Waals surface area contributed by atoms with Crippen molar-refractivity contribution in [3.8, 4) is 0 Å². The number of thiazole rings is 1.